The molecule has 30 heavy (non-hydrogen) atoms. The van der Waals surface area contributed by atoms with Gasteiger partial charge in [-0.1, -0.05) is 30.0 Å². The van der Waals surface area contributed by atoms with Gasteiger partial charge in [-0.3, -0.25) is 26.1 Å². The summed E-state index contributed by atoms with van der Waals surface area (Å²) in [6.07, 6.45) is 3.47. The van der Waals surface area contributed by atoms with Crippen LogP contribution in [0.3, 0.4) is 0 Å². The first-order chi connectivity index (χ1) is 14.5. The van der Waals surface area contributed by atoms with Crippen LogP contribution in [0.5, 0.6) is 0 Å². The Hall–Kier alpha value is -4.28. The second-order valence-corrected chi connectivity index (χ2v) is 6.69. The Morgan fingerprint density at radius 1 is 1.07 bits per heavy atom. The van der Waals surface area contributed by atoms with Gasteiger partial charge in [-0.15, -0.1) is 0 Å². The highest BCUT2D eigenvalue weighted by Crippen LogP contribution is 2.25. The number of aromatic nitrogens is 3. The van der Waals surface area contributed by atoms with E-state index in [-0.39, 0.29) is 5.84 Å². The molecule has 0 saturated carbocycles. The Morgan fingerprint density at radius 3 is 2.70 bits per heavy atom. The molecule has 0 aliphatic rings. The summed E-state index contributed by atoms with van der Waals surface area (Å²) in [6.45, 7) is 1.89. The van der Waals surface area contributed by atoms with E-state index in [1.54, 1.807) is 36.7 Å². The van der Waals surface area contributed by atoms with E-state index >= 15 is 0 Å². The Labute approximate surface area is 173 Å². The van der Waals surface area contributed by atoms with E-state index in [0.29, 0.717) is 16.9 Å². The topological polar surface area (TPSA) is 121 Å². The first kappa shape index (κ1) is 19.1. The van der Waals surface area contributed by atoms with Crippen molar-refractivity contribution in [3.05, 3.63) is 83.3 Å². The number of hydrogen-bond acceptors (Lipinski definition) is 6. The number of hydroxylamine groups is 1. The number of nitrogens with zero attached hydrogens (tertiary/aromatic N) is 3. The second kappa shape index (κ2) is 7.99. The lowest BCUT2D eigenvalue weighted by Crippen LogP contribution is -2.18. The fourth-order valence-electron chi connectivity index (χ4n) is 3.01. The maximum absolute atomic E-state index is 8.93. The quantitative estimate of drug-likeness (QED) is 0.179. The van der Waals surface area contributed by atoms with Crippen LogP contribution in [0.25, 0.3) is 22.2 Å². The first-order valence-electron chi connectivity index (χ1n) is 9.14. The summed E-state index contributed by atoms with van der Waals surface area (Å²) in [7, 11) is 0. The number of amidine groups is 1. The van der Waals surface area contributed by atoms with Crippen LogP contribution in [0.1, 0.15) is 22.4 Å². The van der Waals surface area contributed by atoms with Crippen molar-refractivity contribution in [1.82, 2.24) is 20.4 Å². The molecular formula is C23H18N6O. The van der Waals surface area contributed by atoms with Crippen LogP contribution in [0.2, 0.25) is 0 Å². The van der Waals surface area contributed by atoms with Gasteiger partial charge in [0.1, 0.15) is 11.7 Å². The molecule has 0 saturated heterocycles. The molecule has 5 N–H and O–H groups in total. The minimum absolute atomic E-state index is 0.0962. The van der Waals surface area contributed by atoms with Gasteiger partial charge in [-0.25, -0.2) is 4.98 Å². The zero-order valence-corrected chi connectivity index (χ0v) is 16.1. The average molecular weight is 394 g/mol. The lowest BCUT2D eigenvalue weighted by Gasteiger charge is -2.06. The Kier molecular flexibility index (Phi) is 5.08. The van der Waals surface area contributed by atoms with E-state index in [9.17, 15) is 0 Å². The van der Waals surface area contributed by atoms with Gasteiger partial charge >= 0.3 is 0 Å². The monoisotopic (exact) mass is 394 g/mol. The van der Waals surface area contributed by atoms with Crippen LogP contribution in [-0.2, 0) is 0 Å². The Bertz CT molecular complexity index is 1320. The lowest BCUT2D eigenvalue weighted by molar-refractivity contribution is 0.234. The summed E-state index contributed by atoms with van der Waals surface area (Å²) in [4.78, 5) is 13.1. The van der Waals surface area contributed by atoms with Crippen LogP contribution in [0, 0.1) is 24.2 Å². The minimum atomic E-state index is -0.0962. The molecule has 2 aromatic heterocycles. The molecule has 0 fully saturated rings. The lowest BCUT2D eigenvalue weighted by atomic mass is 10.0. The van der Waals surface area contributed by atoms with E-state index in [2.05, 4.69) is 26.8 Å². The van der Waals surface area contributed by atoms with Crippen LogP contribution in [-0.4, -0.2) is 26.0 Å². The van der Waals surface area contributed by atoms with E-state index < -0.39 is 0 Å². The number of nitrogen functional groups attached to an aromatic ring is 1. The summed E-state index contributed by atoms with van der Waals surface area (Å²) >= 11 is 0. The van der Waals surface area contributed by atoms with Gasteiger partial charge in [0.05, 0.1) is 23.1 Å². The molecule has 0 spiro atoms. The van der Waals surface area contributed by atoms with Crippen molar-refractivity contribution in [3.8, 4) is 23.1 Å². The van der Waals surface area contributed by atoms with Crippen molar-refractivity contribution in [2.45, 2.75) is 6.92 Å². The Balaban J connectivity index is 1.79. The van der Waals surface area contributed by atoms with Gasteiger partial charge in [0, 0.05) is 33.8 Å². The van der Waals surface area contributed by atoms with Gasteiger partial charge < -0.3 is 5.73 Å². The number of rotatable bonds is 2. The van der Waals surface area contributed by atoms with Crippen molar-refractivity contribution in [3.63, 3.8) is 0 Å². The van der Waals surface area contributed by atoms with E-state index in [0.717, 1.165) is 33.4 Å². The summed E-state index contributed by atoms with van der Waals surface area (Å²) in [5.74, 6) is 6.54. The molecule has 7 nitrogen and oxygen atoms in total. The zero-order valence-electron chi connectivity index (χ0n) is 16.1. The largest absolute Gasteiger partial charge is 0.384 e. The summed E-state index contributed by atoms with van der Waals surface area (Å²) in [6, 6.07) is 14.6. The van der Waals surface area contributed by atoms with Crippen LogP contribution >= 0.6 is 0 Å². The predicted octanol–water partition coefficient (Wildman–Crippen LogP) is 3.29. The van der Waals surface area contributed by atoms with Gasteiger partial charge in [0.25, 0.3) is 0 Å². The van der Waals surface area contributed by atoms with Crippen LogP contribution in [0.4, 0.5) is 5.82 Å². The third kappa shape index (κ3) is 3.94. The molecule has 0 aliphatic carbocycles. The minimum Gasteiger partial charge on any atom is -0.384 e. The zero-order chi connectivity index (χ0) is 21.1. The second-order valence-electron chi connectivity index (χ2n) is 6.69. The van der Waals surface area contributed by atoms with Crippen molar-refractivity contribution in [2.75, 3.05) is 5.73 Å². The van der Waals surface area contributed by atoms with E-state index in [4.69, 9.17) is 16.4 Å². The fraction of sp³-hybridized carbons (Fsp3) is 0.0435. The van der Waals surface area contributed by atoms with Gasteiger partial charge in [-0.2, -0.15) is 0 Å². The molecule has 0 radical (unpaired) electrons. The number of fused-ring (bicyclic) bond motifs is 1. The highest BCUT2D eigenvalue weighted by atomic mass is 16.5. The van der Waals surface area contributed by atoms with Crippen molar-refractivity contribution >= 4 is 22.6 Å². The molecule has 2 aromatic carbocycles. The molecule has 4 aromatic rings. The molecule has 146 valence electrons. The normalized spacial score (nSPS) is 10.3. The van der Waals surface area contributed by atoms with Gasteiger partial charge in [0.15, 0.2) is 0 Å². The van der Waals surface area contributed by atoms with Crippen molar-refractivity contribution in [1.29, 1.82) is 5.41 Å². The van der Waals surface area contributed by atoms with Gasteiger partial charge in [-0.05, 0) is 37.3 Å². The van der Waals surface area contributed by atoms with Crippen molar-refractivity contribution < 1.29 is 5.21 Å². The highest BCUT2D eigenvalue weighted by Gasteiger charge is 2.07. The molecule has 2 heterocycles. The third-order valence-corrected chi connectivity index (χ3v) is 4.51. The highest BCUT2D eigenvalue weighted by molar-refractivity contribution is 5.96. The van der Waals surface area contributed by atoms with Gasteiger partial charge in [0.2, 0.25) is 0 Å². The number of nitrogens with two attached hydrogens (primary N) is 1. The van der Waals surface area contributed by atoms with Crippen molar-refractivity contribution in [2.24, 2.45) is 0 Å². The molecule has 0 bridgehead atoms. The third-order valence-electron chi connectivity index (χ3n) is 4.51. The molecular weight excluding hydrogens is 376 g/mol. The van der Waals surface area contributed by atoms with Crippen LogP contribution < -0.4 is 11.2 Å². The predicted molar refractivity (Wildman–Crippen MR) is 116 cm³/mol. The smallest absolute Gasteiger partial charge is 0.149 e. The van der Waals surface area contributed by atoms with Crippen LogP contribution in [0.15, 0.2) is 60.9 Å². The Morgan fingerprint density at radius 2 is 1.93 bits per heavy atom. The number of anilines is 1. The molecule has 0 unspecified atom stereocenters. The summed E-state index contributed by atoms with van der Waals surface area (Å²) in [5.41, 5.74) is 13.1. The average Bonchev–Trinajstić information content (AvgIpc) is 2.77. The number of pyridine rings is 1. The van der Waals surface area contributed by atoms with E-state index in [1.807, 2.05) is 36.7 Å². The number of benzene rings is 2. The number of hydrogen-bond donors (Lipinski definition) is 4. The van der Waals surface area contributed by atoms with E-state index in [1.165, 1.54) is 0 Å². The number of nitrogens with one attached hydrogen (secondary N) is 2. The maximum atomic E-state index is 8.93. The molecule has 4 rings (SSSR count). The SMILES string of the molecule is Cc1cnc(-c2ccc3nc(N)cc(C#Cc4cccc(C(=N)NO)c4)c3c2)cn1. The summed E-state index contributed by atoms with van der Waals surface area (Å²) < 4.78 is 0. The molecule has 0 aliphatic heterocycles. The fourth-order valence-corrected chi connectivity index (χ4v) is 3.01. The standard InChI is InChI=1S/C23H18N6O/c1-14-12-27-21(13-26-14)17-7-8-20-19(10-17)16(11-22(24)28-20)6-5-15-3-2-4-18(9-15)23(25)29-30/h2-4,7-13,30H,1H3,(H2,24,28)(H2,25,29). The molecule has 0 amide bonds. The summed E-state index contributed by atoms with van der Waals surface area (Å²) in [5, 5.41) is 17.5. The number of aryl methyl sites for hydroxylation is 1. The first-order valence-corrected chi connectivity index (χ1v) is 9.14. The maximum Gasteiger partial charge on any atom is 0.149 e. The molecule has 0 atom stereocenters. The molecule has 7 heteroatoms.